The molecule has 5 rings (SSSR count). The molecule has 2 fully saturated rings. The molecule has 1 aromatic heterocycles. The van der Waals surface area contributed by atoms with Gasteiger partial charge in [-0.1, -0.05) is 12.5 Å². The zero-order valence-electron chi connectivity index (χ0n) is 14.5. The third-order valence-electron chi connectivity index (χ3n) is 6.03. The summed E-state index contributed by atoms with van der Waals surface area (Å²) in [4.78, 5) is 0. The summed E-state index contributed by atoms with van der Waals surface area (Å²) in [5.41, 5.74) is 4.35. The Balaban J connectivity index is 1.58. The van der Waals surface area contributed by atoms with Crippen LogP contribution in [0.1, 0.15) is 37.9 Å². The van der Waals surface area contributed by atoms with Gasteiger partial charge in [-0.2, -0.15) is 5.10 Å². The number of fused-ring (bicyclic) bond motifs is 3. The van der Waals surface area contributed by atoms with E-state index >= 15 is 0 Å². The Morgan fingerprint density at radius 1 is 1.28 bits per heavy atom. The lowest BCUT2D eigenvalue weighted by atomic mass is 9.72. The Hall–Kier alpha value is -1.98. The molecule has 3 aliphatic rings. The lowest BCUT2D eigenvalue weighted by molar-refractivity contribution is -0.216. The predicted octanol–water partition coefficient (Wildman–Crippen LogP) is 3.88. The van der Waals surface area contributed by atoms with Crippen LogP contribution in [-0.4, -0.2) is 28.3 Å². The number of halogens is 1. The predicted molar refractivity (Wildman–Crippen MR) is 91.8 cm³/mol. The SMILES string of the molecule is C[C@@H]1COC2(CCC3=Cc4c(cnn4-c4ccc(F)cc4)C[C@@]32C)O1. The van der Waals surface area contributed by atoms with Crippen molar-refractivity contribution in [3.8, 4) is 5.69 Å². The lowest BCUT2D eigenvalue weighted by Gasteiger charge is -2.41. The minimum atomic E-state index is -0.506. The van der Waals surface area contributed by atoms with Crippen LogP contribution in [-0.2, 0) is 15.9 Å². The molecular formula is C20H21FN2O2. The van der Waals surface area contributed by atoms with E-state index in [-0.39, 0.29) is 17.3 Å². The number of benzene rings is 1. The van der Waals surface area contributed by atoms with E-state index in [4.69, 9.17) is 9.47 Å². The average Bonchev–Trinajstić information content (AvgIpc) is 3.24. The summed E-state index contributed by atoms with van der Waals surface area (Å²) < 4.78 is 27.6. The van der Waals surface area contributed by atoms with E-state index in [1.165, 1.54) is 23.3 Å². The van der Waals surface area contributed by atoms with Crippen molar-refractivity contribution in [2.45, 2.75) is 45.0 Å². The number of hydrogen-bond acceptors (Lipinski definition) is 3. The molecule has 1 aliphatic heterocycles. The first kappa shape index (κ1) is 15.3. The van der Waals surface area contributed by atoms with Crippen LogP contribution in [0.5, 0.6) is 0 Å². The highest BCUT2D eigenvalue weighted by Crippen LogP contribution is 2.59. The summed E-state index contributed by atoms with van der Waals surface area (Å²) in [5, 5.41) is 4.55. The van der Waals surface area contributed by atoms with E-state index in [2.05, 4.69) is 25.0 Å². The van der Waals surface area contributed by atoms with Crippen LogP contribution in [0, 0.1) is 11.2 Å². The molecule has 0 N–H and O–H groups in total. The topological polar surface area (TPSA) is 36.3 Å². The summed E-state index contributed by atoms with van der Waals surface area (Å²) in [6, 6.07) is 6.46. The maximum atomic E-state index is 13.2. The fourth-order valence-electron chi connectivity index (χ4n) is 4.66. The Morgan fingerprint density at radius 2 is 2.08 bits per heavy atom. The molecule has 0 amide bonds. The van der Waals surface area contributed by atoms with Crippen LogP contribution in [0.3, 0.4) is 0 Å². The molecule has 4 nitrogen and oxygen atoms in total. The van der Waals surface area contributed by atoms with Crippen LogP contribution in [0.25, 0.3) is 11.8 Å². The van der Waals surface area contributed by atoms with Crippen LogP contribution in [0.4, 0.5) is 4.39 Å². The Morgan fingerprint density at radius 3 is 2.80 bits per heavy atom. The zero-order chi connectivity index (χ0) is 17.2. The van der Waals surface area contributed by atoms with Crippen molar-refractivity contribution in [3.05, 3.63) is 53.1 Å². The summed E-state index contributed by atoms with van der Waals surface area (Å²) in [6.07, 6.45) is 7.01. The molecule has 2 aromatic rings. The second-order valence-corrected chi connectivity index (χ2v) is 7.61. The molecule has 1 saturated heterocycles. The summed E-state index contributed by atoms with van der Waals surface area (Å²) in [6.45, 7) is 4.98. The van der Waals surface area contributed by atoms with Crippen molar-refractivity contribution < 1.29 is 13.9 Å². The van der Waals surface area contributed by atoms with E-state index in [1.807, 2.05) is 10.9 Å². The molecule has 25 heavy (non-hydrogen) atoms. The molecule has 2 heterocycles. The fourth-order valence-corrected chi connectivity index (χ4v) is 4.66. The number of hydrogen-bond donors (Lipinski definition) is 0. The van der Waals surface area contributed by atoms with Gasteiger partial charge in [0.15, 0.2) is 5.79 Å². The van der Waals surface area contributed by atoms with Crippen LogP contribution < -0.4 is 0 Å². The van der Waals surface area contributed by atoms with Gasteiger partial charge >= 0.3 is 0 Å². The smallest absolute Gasteiger partial charge is 0.178 e. The Labute approximate surface area is 146 Å². The highest BCUT2D eigenvalue weighted by Gasteiger charge is 2.61. The molecule has 2 aliphatic carbocycles. The molecule has 1 aromatic carbocycles. The van der Waals surface area contributed by atoms with Gasteiger partial charge in [0.2, 0.25) is 0 Å². The van der Waals surface area contributed by atoms with E-state index in [1.54, 1.807) is 12.1 Å². The first-order valence-electron chi connectivity index (χ1n) is 8.86. The molecule has 1 saturated carbocycles. The van der Waals surface area contributed by atoms with Gasteiger partial charge in [0.05, 0.1) is 30.3 Å². The average molecular weight is 340 g/mol. The monoisotopic (exact) mass is 340 g/mol. The first-order chi connectivity index (χ1) is 12.0. The van der Waals surface area contributed by atoms with E-state index in [9.17, 15) is 4.39 Å². The van der Waals surface area contributed by atoms with Gasteiger partial charge in [-0.3, -0.25) is 0 Å². The maximum absolute atomic E-state index is 13.2. The molecule has 0 bridgehead atoms. The minimum absolute atomic E-state index is 0.138. The zero-order valence-corrected chi connectivity index (χ0v) is 14.5. The number of ether oxygens (including phenoxy) is 2. The van der Waals surface area contributed by atoms with E-state index in [0.717, 1.165) is 30.6 Å². The largest absolute Gasteiger partial charge is 0.346 e. The third kappa shape index (κ3) is 2.02. The second kappa shape index (κ2) is 5.02. The van der Waals surface area contributed by atoms with Crippen molar-refractivity contribution >= 4 is 6.08 Å². The molecule has 5 heteroatoms. The molecule has 0 radical (unpaired) electrons. The lowest BCUT2D eigenvalue weighted by Crippen LogP contribution is -2.46. The van der Waals surface area contributed by atoms with Gasteiger partial charge in [0, 0.05) is 11.8 Å². The summed E-state index contributed by atoms with van der Waals surface area (Å²) in [5.74, 6) is -0.744. The van der Waals surface area contributed by atoms with Crippen molar-refractivity contribution in [2.24, 2.45) is 5.41 Å². The van der Waals surface area contributed by atoms with Gasteiger partial charge in [-0.15, -0.1) is 0 Å². The van der Waals surface area contributed by atoms with Gasteiger partial charge < -0.3 is 9.47 Å². The first-order valence-corrected chi connectivity index (χ1v) is 8.86. The molecule has 1 unspecified atom stereocenters. The van der Waals surface area contributed by atoms with Crippen molar-refractivity contribution in [2.75, 3.05) is 6.61 Å². The van der Waals surface area contributed by atoms with Gasteiger partial charge in [-0.05, 0) is 55.7 Å². The minimum Gasteiger partial charge on any atom is -0.346 e. The van der Waals surface area contributed by atoms with Gasteiger partial charge in [0.25, 0.3) is 0 Å². The summed E-state index contributed by atoms with van der Waals surface area (Å²) in [7, 11) is 0. The highest BCUT2D eigenvalue weighted by molar-refractivity contribution is 5.62. The van der Waals surface area contributed by atoms with Gasteiger partial charge in [-0.25, -0.2) is 9.07 Å². The third-order valence-corrected chi connectivity index (χ3v) is 6.03. The Bertz CT molecular complexity index is 872. The standard InChI is InChI=1S/C20H21FN2O2/c1-13-12-24-20(25-13)8-7-15-9-18-14(10-19(15,20)2)11-22-23(18)17-5-3-16(21)4-6-17/h3-6,9,11,13H,7-8,10,12H2,1-2H3/t13-,19+,20?/m1/s1. The van der Waals surface area contributed by atoms with Crippen LogP contribution in [0.2, 0.25) is 0 Å². The van der Waals surface area contributed by atoms with Crippen molar-refractivity contribution in [3.63, 3.8) is 0 Å². The number of rotatable bonds is 1. The van der Waals surface area contributed by atoms with E-state index in [0.29, 0.717) is 6.61 Å². The Kier molecular flexibility index (Phi) is 3.07. The maximum Gasteiger partial charge on any atom is 0.178 e. The quantitative estimate of drug-likeness (QED) is 0.790. The van der Waals surface area contributed by atoms with Crippen molar-refractivity contribution in [1.82, 2.24) is 9.78 Å². The molecule has 130 valence electrons. The second-order valence-electron chi connectivity index (χ2n) is 7.61. The summed E-state index contributed by atoms with van der Waals surface area (Å²) >= 11 is 0. The number of aromatic nitrogens is 2. The molecule has 3 atom stereocenters. The normalized spacial score (nSPS) is 33.4. The van der Waals surface area contributed by atoms with Crippen LogP contribution >= 0.6 is 0 Å². The fraction of sp³-hybridized carbons (Fsp3) is 0.450. The highest BCUT2D eigenvalue weighted by atomic mass is 19.1. The van der Waals surface area contributed by atoms with Crippen LogP contribution in [0.15, 0.2) is 36.0 Å². The number of nitrogens with zero attached hydrogens (tertiary/aromatic N) is 2. The molecule has 1 spiro atoms. The van der Waals surface area contributed by atoms with Crippen molar-refractivity contribution in [1.29, 1.82) is 0 Å². The van der Waals surface area contributed by atoms with E-state index < -0.39 is 5.79 Å². The molecular weight excluding hydrogens is 319 g/mol. The van der Waals surface area contributed by atoms with Gasteiger partial charge in [0.1, 0.15) is 5.82 Å².